The van der Waals surface area contributed by atoms with Crippen LogP contribution in [0.4, 0.5) is 17.6 Å². The van der Waals surface area contributed by atoms with Crippen molar-refractivity contribution in [1.29, 1.82) is 0 Å². The Hall–Kier alpha value is -3.73. The van der Waals surface area contributed by atoms with E-state index in [1.165, 1.54) is 57.6 Å². The minimum atomic E-state index is -1.35. The van der Waals surface area contributed by atoms with Crippen LogP contribution in [0.3, 0.4) is 0 Å². The number of benzene rings is 2. The molecule has 46 heavy (non-hydrogen) atoms. The topological polar surface area (TPSA) is 92.1 Å². The first-order valence-electron chi connectivity index (χ1n) is 14.2. The van der Waals surface area contributed by atoms with E-state index in [1.54, 1.807) is 45.2 Å². The Labute approximate surface area is 287 Å². The Balaban J connectivity index is 1.73. The number of aryl methyl sites for hydroxylation is 2. The summed E-state index contributed by atoms with van der Waals surface area (Å²) in [7, 11) is 0. The Bertz CT molecular complexity index is 1980. The van der Waals surface area contributed by atoms with E-state index in [2.05, 4.69) is 9.97 Å². The Morgan fingerprint density at radius 1 is 0.717 bits per heavy atom. The van der Waals surface area contributed by atoms with Crippen molar-refractivity contribution in [3.8, 4) is 11.5 Å². The average Bonchev–Trinajstić information content (AvgIpc) is 3.56. The molecular weight excluding hydrogens is 830 g/mol. The molecule has 236 valence electrons. The highest BCUT2D eigenvalue weighted by Gasteiger charge is 2.39. The predicted octanol–water partition coefficient (Wildman–Crippen LogP) is 7.82. The third-order valence-electron chi connectivity index (χ3n) is 7.92. The van der Waals surface area contributed by atoms with E-state index >= 15 is 13.6 Å². The van der Waals surface area contributed by atoms with Gasteiger partial charge in [-0.2, -0.15) is 0 Å². The molecule has 0 saturated heterocycles. The van der Waals surface area contributed by atoms with Gasteiger partial charge in [0.15, 0.2) is 28.9 Å². The molecule has 2 aromatic carbocycles. The number of halogens is 6. The monoisotopic (exact) mass is 854 g/mol. The molecule has 2 N–H and O–H groups in total. The second-order valence-electron chi connectivity index (χ2n) is 10.7. The molecule has 0 fully saturated rings. The summed E-state index contributed by atoms with van der Waals surface area (Å²) in [5.41, 5.74) is 2.29. The van der Waals surface area contributed by atoms with Gasteiger partial charge < -0.3 is 10.2 Å². The van der Waals surface area contributed by atoms with E-state index < -0.39 is 52.4 Å². The number of aromatic hydroxyl groups is 2. The van der Waals surface area contributed by atoms with Crippen molar-refractivity contribution in [3.05, 3.63) is 125 Å². The van der Waals surface area contributed by atoms with Gasteiger partial charge in [0.05, 0.1) is 41.8 Å². The summed E-state index contributed by atoms with van der Waals surface area (Å²) in [5, 5.41) is 20.6. The molecule has 7 nitrogen and oxygen atoms in total. The van der Waals surface area contributed by atoms with Crippen molar-refractivity contribution in [1.82, 2.24) is 18.8 Å². The maximum atomic E-state index is 15.4. The molecule has 2 unspecified atom stereocenters. The number of imidazole rings is 2. The van der Waals surface area contributed by atoms with Crippen LogP contribution in [0.2, 0.25) is 0 Å². The van der Waals surface area contributed by atoms with Crippen LogP contribution in [0.1, 0.15) is 59.6 Å². The number of nitrogens with zero attached hydrogens (tertiary/aromatic N) is 4. The van der Waals surface area contributed by atoms with Gasteiger partial charge >= 0.3 is 0 Å². The highest BCUT2D eigenvalue weighted by molar-refractivity contribution is 14.1. The molecule has 4 aromatic heterocycles. The number of Topliss-reactive ketones (excluding diaryl/α,β-unsaturated/α-hetero) is 1. The molecule has 0 aliphatic carbocycles. The van der Waals surface area contributed by atoms with Gasteiger partial charge in [0.2, 0.25) is 0 Å². The second kappa shape index (κ2) is 12.5. The molecule has 6 aromatic rings. The summed E-state index contributed by atoms with van der Waals surface area (Å²) in [4.78, 5) is 24.7. The summed E-state index contributed by atoms with van der Waals surface area (Å²) in [6.45, 7) is 3.62. The standard InChI is InChI=1S/C33H24F4I2N4O3/c1-3-23-29(42-13-17(34)5-7-25(42)40-23)27(15-9-19(36)31(44)21(38)11-15)33(46)28(16-10-20(37)32(45)22(39)12-16)30-24(4-2)41-26-8-6-18(35)14-43(26)30/h5-14,27-28,44-45H,3-4H2,1-2H3. The SMILES string of the molecule is CCc1nc2ccc(F)cn2c1C(C(=O)C(c1cc(F)c(O)c(I)c1)c1c(CC)nc2ccc(F)cn12)c1cc(F)c(O)c(I)c1. The van der Waals surface area contributed by atoms with Crippen LogP contribution in [-0.2, 0) is 17.6 Å². The van der Waals surface area contributed by atoms with Crippen LogP contribution in [-0.4, -0.2) is 34.8 Å². The van der Waals surface area contributed by atoms with Gasteiger partial charge in [0.1, 0.15) is 22.9 Å². The zero-order chi connectivity index (χ0) is 33.0. The van der Waals surface area contributed by atoms with Gasteiger partial charge in [0.25, 0.3) is 0 Å². The lowest BCUT2D eigenvalue weighted by Crippen LogP contribution is -2.27. The lowest BCUT2D eigenvalue weighted by Gasteiger charge is -2.26. The summed E-state index contributed by atoms with van der Waals surface area (Å²) in [6, 6.07) is 10.3. The molecule has 6 rings (SSSR count). The normalized spacial score (nSPS) is 13.0. The number of rotatable bonds is 8. The average molecular weight is 854 g/mol. The first-order valence-corrected chi connectivity index (χ1v) is 16.3. The molecule has 0 amide bonds. The fraction of sp³-hybridized carbons (Fsp3) is 0.182. The van der Waals surface area contributed by atoms with Gasteiger partial charge in [-0.3, -0.25) is 13.6 Å². The van der Waals surface area contributed by atoms with Crippen molar-refractivity contribution in [2.45, 2.75) is 38.5 Å². The number of carbonyl (C=O) groups is 1. The maximum absolute atomic E-state index is 15.4. The highest BCUT2D eigenvalue weighted by Crippen LogP contribution is 2.42. The third kappa shape index (κ3) is 5.50. The number of carbonyl (C=O) groups excluding carboxylic acids is 1. The quantitative estimate of drug-likeness (QED) is 0.121. The van der Waals surface area contributed by atoms with Crippen LogP contribution in [0.25, 0.3) is 11.3 Å². The first-order chi connectivity index (χ1) is 21.9. The Morgan fingerprint density at radius 3 is 1.46 bits per heavy atom. The predicted molar refractivity (Wildman–Crippen MR) is 179 cm³/mol. The van der Waals surface area contributed by atoms with E-state index in [0.29, 0.717) is 35.5 Å². The molecule has 0 radical (unpaired) electrons. The van der Waals surface area contributed by atoms with Gasteiger partial charge in [-0.05, 0) is 118 Å². The molecule has 2 atom stereocenters. The van der Waals surface area contributed by atoms with E-state index in [4.69, 9.17) is 0 Å². The number of hydrogen-bond acceptors (Lipinski definition) is 5. The molecule has 0 aliphatic heterocycles. The van der Waals surface area contributed by atoms with Gasteiger partial charge in [-0.25, -0.2) is 27.5 Å². The van der Waals surface area contributed by atoms with E-state index in [0.717, 1.165) is 12.1 Å². The molecule has 4 heterocycles. The van der Waals surface area contributed by atoms with Crippen LogP contribution in [0.15, 0.2) is 60.9 Å². The second-order valence-corrected chi connectivity index (χ2v) is 13.0. The van der Waals surface area contributed by atoms with Crippen LogP contribution < -0.4 is 0 Å². The highest BCUT2D eigenvalue weighted by atomic mass is 127. The van der Waals surface area contributed by atoms with Gasteiger partial charge in [0, 0.05) is 12.4 Å². The maximum Gasteiger partial charge on any atom is 0.166 e. The summed E-state index contributed by atoms with van der Waals surface area (Å²) in [5.74, 6) is -7.69. The summed E-state index contributed by atoms with van der Waals surface area (Å²) < 4.78 is 63.0. The lowest BCUT2D eigenvalue weighted by molar-refractivity contribution is -0.120. The smallest absolute Gasteiger partial charge is 0.166 e. The fourth-order valence-electron chi connectivity index (χ4n) is 5.89. The number of aromatic nitrogens is 4. The van der Waals surface area contributed by atoms with Crippen molar-refractivity contribution >= 4 is 62.3 Å². The van der Waals surface area contributed by atoms with Crippen LogP contribution in [0, 0.1) is 30.4 Å². The molecule has 13 heteroatoms. The van der Waals surface area contributed by atoms with Crippen LogP contribution >= 0.6 is 45.2 Å². The Morgan fingerprint density at radius 2 is 1.11 bits per heavy atom. The fourth-order valence-corrected chi connectivity index (χ4v) is 7.12. The minimum absolute atomic E-state index is 0.122. The van der Waals surface area contributed by atoms with Crippen molar-refractivity contribution in [2.75, 3.05) is 0 Å². The largest absolute Gasteiger partial charge is 0.504 e. The number of fused-ring (bicyclic) bond motifs is 2. The first kappa shape index (κ1) is 32.2. The van der Waals surface area contributed by atoms with Gasteiger partial charge in [-0.1, -0.05) is 13.8 Å². The van der Waals surface area contributed by atoms with E-state index in [1.807, 2.05) is 13.8 Å². The van der Waals surface area contributed by atoms with E-state index in [9.17, 15) is 19.0 Å². The summed E-state index contributed by atoms with van der Waals surface area (Å²) in [6.07, 6.45) is 2.99. The molecule has 0 bridgehead atoms. The zero-order valence-corrected chi connectivity index (χ0v) is 28.5. The van der Waals surface area contributed by atoms with Crippen LogP contribution in [0.5, 0.6) is 11.5 Å². The lowest BCUT2D eigenvalue weighted by atomic mass is 9.78. The third-order valence-corrected chi connectivity index (χ3v) is 9.57. The molecule has 0 saturated carbocycles. The van der Waals surface area contributed by atoms with E-state index in [-0.39, 0.29) is 29.7 Å². The number of hydrogen-bond donors (Lipinski definition) is 2. The molecular formula is C33H24F4I2N4O3. The summed E-state index contributed by atoms with van der Waals surface area (Å²) >= 11 is 3.50. The number of ketones is 1. The molecule has 0 aliphatic rings. The number of pyridine rings is 2. The van der Waals surface area contributed by atoms with Gasteiger partial charge in [-0.15, -0.1) is 0 Å². The zero-order valence-electron chi connectivity index (χ0n) is 24.2. The van der Waals surface area contributed by atoms with Crippen molar-refractivity contribution in [3.63, 3.8) is 0 Å². The Kier molecular flexibility index (Phi) is 8.73. The number of phenolic OH excluding ortho intramolecular Hbond substituents is 2. The van der Waals surface area contributed by atoms with Crippen molar-refractivity contribution in [2.24, 2.45) is 0 Å². The number of phenols is 2. The van der Waals surface area contributed by atoms with Crippen molar-refractivity contribution < 1.29 is 32.6 Å². The molecule has 0 spiro atoms. The minimum Gasteiger partial charge on any atom is -0.504 e.